The Morgan fingerprint density at radius 1 is 1.67 bits per heavy atom. The van der Waals surface area contributed by atoms with Crippen molar-refractivity contribution in [3.05, 3.63) is 24.3 Å². The van der Waals surface area contributed by atoms with Gasteiger partial charge in [-0.05, 0) is 25.2 Å². The number of hydrogen-bond acceptors (Lipinski definition) is 2. The minimum absolute atomic E-state index is 0.0185. The van der Waals surface area contributed by atoms with Crippen molar-refractivity contribution >= 4 is 5.97 Å². The summed E-state index contributed by atoms with van der Waals surface area (Å²) < 4.78 is 5.11. The van der Waals surface area contributed by atoms with Gasteiger partial charge in [-0.25, -0.2) is 0 Å². The van der Waals surface area contributed by atoms with Gasteiger partial charge in [-0.3, -0.25) is 4.79 Å². The maximum Gasteiger partial charge on any atom is 0.309 e. The van der Waals surface area contributed by atoms with Gasteiger partial charge < -0.3 is 4.74 Å². The molecule has 0 bridgehead atoms. The lowest BCUT2D eigenvalue weighted by Gasteiger charge is -2.30. The first-order valence-corrected chi connectivity index (χ1v) is 5.51. The monoisotopic (exact) mass is 208 g/mol. The van der Waals surface area contributed by atoms with Crippen LogP contribution in [-0.4, -0.2) is 12.6 Å². The van der Waals surface area contributed by atoms with Gasteiger partial charge in [0.05, 0.1) is 5.92 Å². The third-order valence-electron chi connectivity index (χ3n) is 3.20. The van der Waals surface area contributed by atoms with Crippen LogP contribution in [0.3, 0.4) is 0 Å². The third kappa shape index (κ3) is 2.95. The molecule has 0 fully saturated rings. The maximum absolute atomic E-state index is 11.8. The molecule has 0 saturated carbocycles. The molecule has 0 spiro atoms. The van der Waals surface area contributed by atoms with E-state index in [2.05, 4.69) is 33.4 Å². The molecule has 1 rings (SSSR count). The van der Waals surface area contributed by atoms with E-state index in [1.165, 1.54) is 5.57 Å². The third-order valence-corrected chi connectivity index (χ3v) is 3.20. The molecule has 84 valence electrons. The molecule has 1 aliphatic rings. The number of esters is 1. The van der Waals surface area contributed by atoms with E-state index in [-0.39, 0.29) is 11.9 Å². The van der Waals surface area contributed by atoms with Crippen molar-refractivity contribution < 1.29 is 9.53 Å². The Labute approximate surface area is 92.0 Å². The van der Waals surface area contributed by atoms with Gasteiger partial charge >= 0.3 is 5.97 Å². The molecule has 0 aliphatic heterocycles. The lowest BCUT2D eigenvalue weighted by Crippen LogP contribution is -2.30. The molecule has 0 amide bonds. The SMILES string of the molecule is C=CCOC(=O)C1CC(C)=CC(C)C1C. The summed E-state index contributed by atoms with van der Waals surface area (Å²) in [5, 5.41) is 0. The largest absolute Gasteiger partial charge is 0.461 e. The molecule has 3 atom stereocenters. The van der Waals surface area contributed by atoms with Crippen LogP contribution < -0.4 is 0 Å². The zero-order valence-electron chi connectivity index (χ0n) is 9.82. The zero-order valence-corrected chi connectivity index (χ0v) is 9.82. The molecular weight excluding hydrogens is 188 g/mol. The number of carbonyl (C=O) groups is 1. The number of carbonyl (C=O) groups excluding carboxylic acids is 1. The molecule has 3 unspecified atom stereocenters. The summed E-state index contributed by atoms with van der Waals surface area (Å²) in [5.41, 5.74) is 1.29. The fourth-order valence-electron chi connectivity index (χ4n) is 2.11. The molecule has 0 saturated heterocycles. The first-order chi connectivity index (χ1) is 7.06. The number of hydrogen-bond donors (Lipinski definition) is 0. The summed E-state index contributed by atoms with van der Waals surface area (Å²) in [7, 11) is 0. The molecule has 15 heavy (non-hydrogen) atoms. The molecule has 0 aromatic heterocycles. The maximum atomic E-state index is 11.8. The smallest absolute Gasteiger partial charge is 0.309 e. The predicted octanol–water partition coefficient (Wildman–Crippen LogP) is 2.95. The van der Waals surface area contributed by atoms with Gasteiger partial charge in [0.15, 0.2) is 0 Å². The average molecular weight is 208 g/mol. The van der Waals surface area contributed by atoms with Crippen molar-refractivity contribution in [3.63, 3.8) is 0 Å². The van der Waals surface area contributed by atoms with Crippen molar-refractivity contribution in [1.29, 1.82) is 0 Å². The van der Waals surface area contributed by atoms with E-state index < -0.39 is 0 Å². The van der Waals surface area contributed by atoms with Gasteiger partial charge in [-0.2, -0.15) is 0 Å². The molecule has 2 heteroatoms. The first kappa shape index (κ1) is 12.0. The van der Waals surface area contributed by atoms with Crippen LogP contribution >= 0.6 is 0 Å². The quantitative estimate of drug-likeness (QED) is 0.526. The molecule has 1 aliphatic carbocycles. The van der Waals surface area contributed by atoms with E-state index in [0.717, 1.165) is 6.42 Å². The summed E-state index contributed by atoms with van der Waals surface area (Å²) in [6.07, 6.45) is 4.70. The van der Waals surface area contributed by atoms with E-state index in [1.54, 1.807) is 6.08 Å². The number of ether oxygens (including phenoxy) is 1. The van der Waals surface area contributed by atoms with Crippen molar-refractivity contribution in [2.24, 2.45) is 17.8 Å². The van der Waals surface area contributed by atoms with E-state index in [4.69, 9.17) is 4.74 Å². The van der Waals surface area contributed by atoms with Crippen LogP contribution in [0.2, 0.25) is 0 Å². The van der Waals surface area contributed by atoms with Gasteiger partial charge in [0.25, 0.3) is 0 Å². The second kappa shape index (κ2) is 5.15. The second-order valence-electron chi connectivity index (χ2n) is 4.46. The summed E-state index contributed by atoms with van der Waals surface area (Å²) in [4.78, 5) is 11.8. The highest BCUT2D eigenvalue weighted by molar-refractivity contribution is 5.73. The standard InChI is InChI=1S/C13H20O2/c1-5-6-15-13(14)12-8-9(2)7-10(3)11(12)4/h5,7,10-12H,1,6,8H2,2-4H3. The Morgan fingerprint density at radius 3 is 2.93 bits per heavy atom. The fourth-order valence-corrected chi connectivity index (χ4v) is 2.11. The van der Waals surface area contributed by atoms with E-state index in [1.807, 2.05) is 0 Å². The summed E-state index contributed by atoms with van der Waals surface area (Å²) in [6.45, 7) is 10.2. The molecular formula is C13H20O2. The van der Waals surface area contributed by atoms with Gasteiger partial charge in [0.1, 0.15) is 6.61 Å². The Hall–Kier alpha value is -1.05. The van der Waals surface area contributed by atoms with Crippen LogP contribution in [0.25, 0.3) is 0 Å². The number of allylic oxidation sites excluding steroid dienone is 2. The Balaban J connectivity index is 2.65. The second-order valence-corrected chi connectivity index (χ2v) is 4.46. The summed E-state index contributed by atoms with van der Waals surface area (Å²) in [6, 6.07) is 0. The van der Waals surface area contributed by atoms with E-state index >= 15 is 0 Å². The first-order valence-electron chi connectivity index (χ1n) is 5.51. The molecule has 0 aromatic carbocycles. The highest BCUT2D eigenvalue weighted by Crippen LogP contribution is 2.34. The van der Waals surface area contributed by atoms with Gasteiger partial charge in [-0.1, -0.05) is 38.2 Å². The van der Waals surface area contributed by atoms with Crippen LogP contribution in [-0.2, 0) is 9.53 Å². The molecule has 0 radical (unpaired) electrons. The van der Waals surface area contributed by atoms with E-state index in [0.29, 0.717) is 18.4 Å². The lowest BCUT2D eigenvalue weighted by molar-refractivity contribution is -0.149. The van der Waals surface area contributed by atoms with Crippen LogP contribution in [0.1, 0.15) is 27.2 Å². The summed E-state index contributed by atoms with van der Waals surface area (Å²) >= 11 is 0. The molecule has 0 N–H and O–H groups in total. The van der Waals surface area contributed by atoms with E-state index in [9.17, 15) is 4.79 Å². The van der Waals surface area contributed by atoms with Gasteiger partial charge in [0, 0.05) is 0 Å². The highest BCUT2D eigenvalue weighted by Gasteiger charge is 2.32. The van der Waals surface area contributed by atoms with Crippen LogP contribution in [0, 0.1) is 17.8 Å². The zero-order chi connectivity index (χ0) is 11.4. The predicted molar refractivity (Wildman–Crippen MR) is 61.3 cm³/mol. The van der Waals surface area contributed by atoms with Crippen molar-refractivity contribution in [2.45, 2.75) is 27.2 Å². The lowest BCUT2D eigenvalue weighted by atomic mass is 9.75. The minimum Gasteiger partial charge on any atom is -0.461 e. The number of rotatable bonds is 3. The van der Waals surface area contributed by atoms with Gasteiger partial charge in [0.2, 0.25) is 0 Å². The topological polar surface area (TPSA) is 26.3 Å². The summed E-state index contributed by atoms with van der Waals surface area (Å²) in [5.74, 6) is 0.762. The molecule has 0 aromatic rings. The molecule has 2 nitrogen and oxygen atoms in total. The Kier molecular flexibility index (Phi) is 4.13. The van der Waals surface area contributed by atoms with Crippen molar-refractivity contribution in [3.8, 4) is 0 Å². The van der Waals surface area contributed by atoms with Crippen LogP contribution in [0.5, 0.6) is 0 Å². The normalized spacial score (nSPS) is 30.6. The van der Waals surface area contributed by atoms with Crippen molar-refractivity contribution in [2.75, 3.05) is 6.61 Å². The fraction of sp³-hybridized carbons (Fsp3) is 0.615. The Morgan fingerprint density at radius 2 is 2.33 bits per heavy atom. The van der Waals surface area contributed by atoms with Gasteiger partial charge in [-0.15, -0.1) is 0 Å². The minimum atomic E-state index is -0.0818. The van der Waals surface area contributed by atoms with Crippen LogP contribution in [0.15, 0.2) is 24.3 Å². The Bertz CT molecular complexity index is 278. The van der Waals surface area contributed by atoms with Crippen molar-refractivity contribution in [1.82, 2.24) is 0 Å². The molecule has 0 heterocycles. The van der Waals surface area contributed by atoms with Crippen LogP contribution in [0.4, 0.5) is 0 Å². The highest BCUT2D eigenvalue weighted by atomic mass is 16.5. The average Bonchev–Trinajstić information content (AvgIpc) is 2.19.